The van der Waals surface area contributed by atoms with Gasteiger partial charge >= 0.3 is 0 Å². The van der Waals surface area contributed by atoms with Crippen molar-refractivity contribution in [3.05, 3.63) is 29.0 Å². The Morgan fingerprint density at radius 2 is 1.90 bits per heavy atom. The van der Waals surface area contributed by atoms with E-state index in [9.17, 15) is 14.0 Å². The second-order valence-corrected chi connectivity index (χ2v) is 6.15. The van der Waals surface area contributed by atoms with Crippen LogP contribution in [0.2, 0.25) is 5.02 Å². The molecular weight excluding hydrogens is 281 g/mol. The SMILES string of the molecule is C[C@@H]1CC[C@H]2C(=O)N(c3ccc(F)c(Cl)c3)C(=O)[C@H]2C1. The molecule has 106 valence electrons. The van der Waals surface area contributed by atoms with Gasteiger partial charge in [0.1, 0.15) is 5.82 Å². The molecule has 1 heterocycles. The highest BCUT2D eigenvalue weighted by Crippen LogP contribution is 2.42. The molecule has 1 saturated heterocycles. The third-order valence-electron chi connectivity index (χ3n) is 4.35. The summed E-state index contributed by atoms with van der Waals surface area (Å²) in [5.41, 5.74) is 0.369. The van der Waals surface area contributed by atoms with Gasteiger partial charge in [-0.05, 0) is 43.4 Å². The van der Waals surface area contributed by atoms with Crippen LogP contribution in [-0.4, -0.2) is 11.8 Å². The Morgan fingerprint density at radius 3 is 2.60 bits per heavy atom. The van der Waals surface area contributed by atoms with Gasteiger partial charge in [-0.15, -0.1) is 0 Å². The van der Waals surface area contributed by atoms with Gasteiger partial charge in [0.25, 0.3) is 0 Å². The summed E-state index contributed by atoms with van der Waals surface area (Å²) in [6, 6.07) is 3.95. The van der Waals surface area contributed by atoms with E-state index in [4.69, 9.17) is 11.6 Å². The smallest absolute Gasteiger partial charge is 0.237 e. The maximum Gasteiger partial charge on any atom is 0.237 e. The predicted octanol–water partition coefficient (Wildman–Crippen LogP) is 3.40. The highest BCUT2D eigenvalue weighted by molar-refractivity contribution is 6.31. The van der Waals surface area contributed by atoms with E-state index in [1.54, 1.807) is 0 Å². The Labute approximate surface area is 121 Å². The van der Waals surface area contributed by atoms with Crippen molar-refractivity contribution < 1.29 is 14.0 Å². The van der Waals surface area contributed by atoms with Gasteiger partial charge in [-0.2, -0.15) is 0 Å². The van der Waals surface area contributed by atoms with Gasteiger partial charge in [-0.3, -0.25) is 14.5 Å². The van der Waals surface area contributed by atoms with Crippen molar-refractivity contribution in [2.24, 2.45) is 17.8 Å². The molecule has 1 saturated carbocycles. The minimum atomic E-state index is -0.555. The molecule has 3 atom stereocenters. The fraction of sp³-hybridized carbons (Fsp3) is 0.467. The number of nitrogens with zero attached hydrogens (tertiary/aromatic N) is 1. The van der Waals surface area contributed by atoms with Gasteiger partial charge in [-0.25, -0.2) is 4.39 Å². The molecule has 0 aromatic heterocycles. The molecule has 2 fully saturated rings. The van der Waals surface area contributed by atoms with Gasteiger partial charge in [-0.1, -0.05) is 18.5 Å². The maximum absolute atomic E-state index is 13.2. The highest BCUT2D eigenvalue weighted by atomic mass is 35.5. The number of halogens is 2. The Bertz CT molecular complexity index is 589. The van der Waals surface area contributed by atoms with E-state index in [2.05, 4.69) is 6.92 Å². The number of imide groups is 1. The Balaban J connectivity index is 1.96. The average molecular weight is 296 g/mol. The number of rotatable bonds is 1. The summed E-state index contributed by atoms with van der Waals surface area (Å²) < 4.78 is 13.2. The third-order valence-corrected chi connectivity index (χ3v) is 4.64. The molecule has 3 nitrogen and oxygen atoms in total. The summed E-state index contributed by atoms with van der Waals surface area (Å²) in [6.07, 6.45) is 2.47. The molecule has 1 aliphatic heterocycles. The molecule has 0 radical (unpaired) electrons. The molecule has 1 aromatic carbocycles. The van der Waals surface area contributed by atoms with E-state index in [1.807, 2.05) is 0 Å². The van der Waals surface area contributed by atoms with E-state index in [1.165, 1.54) is 23.1 Å². The number of fused-ring (bicyclic) bond motifs is 1. The summed E-state index contributed by atoms with van der Waals surface area (Å²) in [4.78, 5) is 26.1. The molecule has 2 amide bonds. The molecule has 5 heteroatoms. The standard InChI is InChI=1S/C15H15ClFNO2/c1-8-2-4-10-11(6-8)15(20)18(14(10)19)9-3-5-13(17)12(16)7-9/h3,5,7-8,10-11H,2,4,6H2,1H3/t8-,10-,11+/m1/s1. The van der Waals surface area contributed by atoms with Crippen LogP contribution in [0, 0.1) is 23.6 Å². The van der Waals surface area contributed by atoms with Crippen molar-refractivity contribution in [2.45, 2.75) is 26.2 Å². The summed E-state index contributed by atoms with van der Waals surface area (Å²) in [6.45, 7) is 2.10. The molecule has 2 aliphatic rings. The van der Waals surface area contributed by atoms with Crippen LogP contribution in [0.4, 0.5) is 10.1 Å². The quantitative estimate of drug-likeness (QED) is 0.745. The molecule has 20 heavy (non-hydrogen) atoms. The van der Waals surface area contributed by atoms with Crippen molar-refractivity contribution in [1.29, 1.82) is 0 Å². The van der Waals surface area contributed by atoms with Crippen molar-refractivity contribution >= 4 is 29.1 Å². The largest absolute Gasteiger partial charge is 0.274 e. The molecule has 0 spiro atoms. The van der Waals surface area contributed by atoms with Crippen LogP contribution in [-0.2, 0) is 9.59 Å². The zero-order valence-corrected chi connectivity index (χ0v) is 11.9. The van der Waals surface area contributed by atoms with Crippen LogP contribution in [0.3, 0.4) is 0 Å². The van der Waals surface area contributed by atoms with E-state index in [0.717, 1.165) is 19.3 Å². The fourth-order valence-electron chi connectivity index (χ4n) is 3.27. The zero-order valence-electron chi connectivity index (χ0n) is 11.1. The first kappa shape index (κ1) is 13.6. The lowest BCUT2D eigenvalue weighted by atomic mass is 9.76. The van der Waals surface area contributed by atoms with E-state index in [0.29, 0.717) is 11.6 Å². The number of carbonyl (C=O) groups excluding carboxylic acids is 2. The third kappa shape index (κ3) is 2.03. The van der Waals surface area contributed by atoms with E-state index < -0.39 is 5.82 Å². The van der Waals surface area contributed by atoms with Gasteiger partial charge in [0, 0.05) is 0 Å². The molecule has 0 bridgehead atoms. The normalized spacial score (nSPS) is 29.8. The van der Waals surface area contributed by atoms with Crippen LogP contribution in [0.1, 0.15) is 26.2 Å². The summed E-state index contributed by atoms with van der Waals surface area (Å²) in [7, 11) is 0. The topological polar surface area (TPSA) is 37.4 Å². The maximum atomic E-state index is 13.2. The molecular formula is C15H15ClFNO2. The number of benzene rings is 1. The van der Waals surface area contributed by atoms with Gasteiger partial charge in [0.2, 0.25) is 11.8 Å². The minimum Gasteiger partial charge on any atom is -0.274 e. The molecule has 0 N–H and O–H groups in total. The predicted molar refractivity (Wildman–Crippen MR) is 73.9 cm³/mol. The van der Waals surface area contributed by atoms with Gasteiger partial charge < -0.3 is 0 Å². The minimum absolute atomic E-state index is 0.0775. The van der Waals surface area contributed by atoms with Crippen LogP contribution in [0.15, 0.2) is 18.2 Å². The summed E-state index contributed by atoms with van der Waals surface area (Å²) in [5, 5.41) is -0.0775. The first-order valence-electron chi connectivity index (χ1n) is 6.82. The van der Waals surface area contributed by atoms with Crippen molar-refractivity contribution in [1.82, 2.24) is 0 Å². The van der Waals surface area contributed by atoms with Crippen LogP contribution < -0.4 is 4.90 Å². The van der Waals surface area contributed by atoms with E-state index >= 15 is 0 Å². The fourth-order valence-corrected chi connectivity index (χ4v) is 3.44. The molecule has 1 aromatic rings. The number of hydrogen-bond donors (Lipinski definition) is 0. The average Bonchev–Trinajstić information content (AvgIpc) is 2.65. The monoisotopic (exact) mass is 295 g/mol. The van der Waals surface area contributed by atoms with Gasteiger partial charge in [0.15, 0.2) is 0 Å². The van der Waals surface area contributed by atoms with Crippen molar-refractivity contribution in [2.75, 3.05) is 4.90 Å². The van der Waals surface area contributed by atoms with Crippen LogP contribution in [0.25, 0.3) is 0 Å². The first-order valence-corrected chi connectivity index (χ1v) is 7.19. The summed E-state index contributed by atoms with van der Waals surface area (Å²) in [5.74, 6) is -0.883. The van der Waals surface area contributed by atoms with Crippen LogP contribution in [0.5, 0.6) is 0 Å². The lowest BCUT2D eigenvalue weighted by Gasteiger charge is -2.25. The summed E-state index contributed by atoms with van der Waals surface area (Å²) >= 11 is 5.74. The lowest BCUT2D eigenvalue weighted by Crippen LogP contribution is -2.30. The molecule has 3 rings (SSSR count). The second-order valence-electron chi connectivity index (χ2n) is 5.74. The molecule has 1 aliphatic carbocycles. The second kappa shape index (κ2) is 4.85. The molecule has 0 unspecified atom stereocenters. The zero-order chi connectivity index (χ0) is 14.4. The van der Waals surface area contributed by atoms with E-state index in [-0.39, 0.29) is 28.7 Å². The van der Waals surface area contributed by atoms with Crippen molar-refractivity contribution in [3.8, 4) is 0 Å². The van der Waals surface area contributed by atoms with Crippen LogP contribution >= 0.6 is 11.6 Å². The number of hydrogen-bond acceptors (Lipinski definition) is 2. The Hall–Kier alpha value is -1.42. The number of amides is 2. The Morgan fingerprint density at radius 1 is 1.20 bits per heavy atom. The lowest BCUT2D eigenvalue weighted by molar-refractivity contribution is -0.122. The number of anilines is 1. The first-order chi connectivity index (χ1) is 9.49. The van der Waals surface area contributed by atoms with Crippen molar-refractivity contribution in [3.63, 3.8) is 0 Å². The number of carbonyl (C=O) groups is 2. The highest BCUT2D eigenvalue weighted by Gasteiger charge is 2.49. The Kier molecular flexibility index (Phi) is 3.28. The van der Waals surface area contributed by atoms with Gasteiger partial charge in [0.05, 0.1) is 22.5 Å².